The van der Waals surface area contributed by atoms with Gasteiger partial charge in [-0.05, 0) is 64.4 Å². The van der Waals surface area contributed by atoms with Crippen LogP contribution in [0.15, 0.2) is 23.1 Å². The molecule has 1 heterocycles. The van der Waals surface area contributed by atoms with Crippen molar-refractivity contribution in [3.05, 3.63) is 18.2 Å². The molecule has 0 spiro atoms. The van der Waals surface area contributed by atoms with E-state index in [2.05, 4.69) is 52.1 Å². The number of hydrogen-bond acceptors (Lipinski definition) is 4. The molecule has 1 aliphatic carbocycles. The standard InChI is InChI=1S/C16H23BO3S/c1-15(2)16(3,4)20-17(19-15)11-6-9-14(21-5)13(10-11)18-12-7-8-12/h6,9-10,12H,7-8H2,1-5H3. The average molecular weight is 306 g/mol. The van der Waals surface area contributed by atoms with Gasteiger partial charge in [0.15, 0.2) is 0 Å². The van der Waals surface area contributed by atoms with E-state index in [0.717, 1.165) is 24.1 Å². The SMILES string of the molecule is CSc1ccc(B2OC(C)(C)C(C)(C)O2)cc1OC1CC1. The van der Waals surface area contributed by atoms with Gasteiger partial charge in [0.1, 0.15) is 5.75 Å². The van der Waals surface area contributed by atoms with Crippen LogP contribution in [0, 0.1) is 0 Å². The van der Waals surface area contributed by atoms with Gasteiger partial charge >= 0.3 is 7.12 Å². The van der Waals surface area contributed by atoms with Crippen molar-refractivity contribution in [2.24, 2.45) is 0 Å². The molecule has 0 radical (unpaired) electrons. The molecular formula is C16H23BO3S. The maximum absolute atomic E-state index is 6.11. The van der Waals surface area contributed by atoms with Crippen molar-refractivity contribution < 1.29 is 14.0 Å². The third kappa shape index (κ3) is 2.96. The molecule has 3 rings (SSSR count). The summed E-state index contributed by atoms with van der Waals surface area (Å²) in [4.78, 5) is 1.17. The van der Waals surface area contributed by atoms with Crippen LogP contribution < -0.4 is 10.2 Å². The molecule has 1 aliphatic heterocycles. The summed E-state index contributed by atoms with van der Waals surface area (Å²) in [5, 5.41) is 0. The Labute approximate surface area is 131 Å². The van der Waals surface area contributed by atoms with E-state index >= 15 is 0 Å². The van der Waals surface area contributed by atoms with Gasteiger partial charge in [-0.15, -0.1) is 11.8 Å². The predicted octanol–water partition coefficient (Wildman–Crippen LogP) is 3.25. The summed E-state index contributed by atoms with van der Waals surface area (Å²) >= 11 is 1.71. The van der Waals surface area contributed by atoms with Gasteiger partial charge in [-0.1, -0.05) is 6.07 Å². The lowest BCUT2D eigenvalue weighted by atomic mass is 9.79. The second-order valence-electron chi connectivity index (χ2n) is 6.82. The molecule has 0 N–H and O–H groups in total. The van der Waals surface area contributed by atoms with E-state index in [1.165, 1.54) is 4.90 Å². The molecule has 1 aromatic carbocycles. The highest BCUT2D eigenvalue weighted by molar-refractivity contribution is 7.98. The Morgan fingerprint density at radius 2 is 1.76 bits per heavy atom. The van der Waals surface area contributed by atoms with Gasteiger partial charge in [0.05, 0.1) is 17.3 Å². The summed E-state index contributed by atoms with van der Waals surface area (Å²) < 4.78 is 18.2. The van der Waals surface area contributed by atoms with Crippen LogP contribution in [0.25, 0.3) is 0 Å². The Morgan fingerprint density at radius 1 is 1.14 bits per heavy atom. The lowest BCUT2D eigenvalue weighted by Gasteiger charge is -2.32. The van der Waals surface area contributed by atoms with Gasteiger partial charge in [0.25, 0.3) is 0 Å². The monoisotopic (exact) mass is 306 g/mol. The highest BCUT2D eigenvalue weighted by Crippen LogP contribution is 2.38. The number of hydrogen-bond donors (Lipinski definition) is 0. The van der Waals surface area contributed by atoms with E-state index in [0.29, 0.717) is 6.10 Å². The third-order valence-electron chi connectivity index (χ3n) is 4.53. The maximum atomic E-state index is 6.11. The molecule has 1 aromatic rings. The van der Waals surface area contributed by atoms with E-state index in [1.54, 1.807) is 11.8 Å². The van der Waals surface area contributed by atoms with Crippen molar-refractivity contribution in [3.63, 3.8) is 0 Å². The Morgan fingerprint density at radius 3 is 2.29 bits per heavy atom. The van der Waals surface area contributed by atoms with E-state index < -0.39 is 0 Å². The third-order valence-corrected chi connectivity index (χ3v) is 5.31. The van der Waals surface area contributed by atoms with Gasteiger partial charge < -0.3 is 14.0 Å². The molecule has 21 heavy (non-hydrogen) atoms. The Balaban J connectivity index is 1.86. The summed E-state index contributed by atoms with van der Waals surface area (Å²) in [6, 6.07) is 6.25. The molecule has 2 aliphatic rings. The van der Waals surface area contributed by atoms with Crippen LogP contribution in [0.5, 0.6) is 5.75 Å². The van der Waals surface area contributed by atoms with Crippen LogP contribution in [0.2, 0.25) is 0 Å². The van der Waals surface area contributed by atoms with Gasteiger partial charge in [0.2, 0.25) is 0 Å². The summed E-state index contributed by atoms with van der Waals surface area (Å²) in [7, 11) is -0.326. The highest BCUT2D eigenvalue weighted by atomic mass is 32.2. The van der Waals surface area contributed by atoms with Crippen LogP contribution in [-0.2, 0) is 9.31 Å². The zero-order chi connectivity index (χ0) is 15.3. The summed E-state index contributed by atoms with van der Waals surface area (Å²) in [6.07, 6.45) is 4.79. The van der Waals surface area contributed by atoms with Gasteiger partial charge in [-0.2, -0.15) is 0 Å². The molecule has 1 saturated heterocycles. The minimum absolute atomic E-state index is 0.312. The number of benzene rings is 1. The molecule has 0 bridgehead atoms. The second-order valence-corrected chi connectivity index (χ2v) is 7.66. The number of rotatable bonds is 4. The highest BCUT2D eigenvalue weighted by Gasteiger charge is 2.51. The van der Waals surface area contributed by atoms with Gasteiger partial charge in [-0.25, -0.2) is 0 Å². The van der Waals surface area contributed by atoms with Crippen LogP contribution in [0.4, 0.5) is 0 Å². The van der Waals surface area contributed by atoms with Crippen molar-refractivity contribution in [1.29, 1.82) is 0 Å². The molecule has 0 atom stereocenters. The van der Waals surface area contributed by atoms with Crippen molar-refractivity contribution >= 4 is 24.3 Å². The Bertz CT molecular complexity index is 524. The Hall–Kier alpha value is -0.645. The van der Waals surface area contributed by atoms with Crippen molar-refractivity contribution in [2.75, 3.05) is 6.26 Å². The van der Waals surface area contributed by atoms with Crippen LogP contribution in [0.1, 0.15) is 40.5 Å². The number of thioether (sulfide) groups is 1. The summed E-state index contributed by atoms with van der Waals surface area (Å²) in [5.41, 5.74) is 0.405. The second kappa shape index (κ2) is 5.22. The lowest BCUT2D eigenvalue weighted by molar-refractivity contribution is 0.00578. The first-order valence-corrected chi connectivity index (χ1v) is 8.75. The number of ether oxygens (including phenoxy) is 1. The zero-order valence-electron chi connectivity index (χ0n) is 13.4. The molecular weight excluding hydrogens is 283 g/mol. The molecule has 3 nitrogen and oxygen atoms in total. The largest absolute Gasteiger partial charge is 0.494 e. The van der Waals surface area contributed by atoms with E-state index in [1.807, 2.05) is 0 Å². The molecule has 2 fully saturated rings. The molecule has 0 aromatic heterocycles. The quantitative estimate of drug-likeness (QED) is 0.630. The fraction of sp³-hybridized carbons (Fsp3) is 0.625. The topological polar surface area (TPSA) is 27.7 Å². The molecule has 114 valence electrons. The van der Waals surface area contributed by atoms with E-state index in [-0.39, 0.29) is 18.3 Å². The first-order valence-electron chi connectivity index (χ1n) is 7.53. The molecule has 5 heteroatoms. The van der Waals surface area contributed by atoms with Gasteiger partial charge in [-0.3, -0.25) is 0 Å². The minimum Gasteiger partial charge on any atom is -0.489 e. The van der Waals surface area contributed by atoms with Crippen molar-refractivity contribution in [2.45, 2.75) is 62.7 Å². The summed E-state index contributed by atoms with van der Waals surface area (Å²) in [5.74, 6) is 0.956. The molecule has 0 amide bonds. The van der Waals surface area contributed by atoms with Crippen molar-refractivity contribution in [1.82, 2.24) is 0 Å². The first kappa shape index (κ1) is 15.3. The predicted molar refractivity (Wildman–Crippen MR) is 87.6 cm³/mol. The average Bonchev–Trinajstić information content (AvgIpc) is 3.17. The lowest BCUT2D eigenvalue weighted by Crippen LogP contribution is -2.41. The zero-order valence-corrected chi connectivity index (χ0v) is 14.3. The first-order chi connectivity index (χ1) is 9.82. The fourth-order valence-corrected chi connectivity index (χ4v) is 2.79. The van der Waals surface area contributed by atoms with Crippen LogP contribution >= 0.6 is 11.8 Å². The smallest absolute Gasteiger partial charge is 0.489 e. The van der Waals surface area contributed by atoms with Crippen LogP contribution in [-0.4, -0.2) is 30.7 Å². The van der Waals surface area contributed by atoms with Crippen LogP contribution in [0.3, 0.4) is 0 Å². The fourth-order valence-electron chi connectivity index (χ4n) is 2.28. The molecule has 1 saturated carbocycles. The van der Waals surface area contributed by atoms with Gasteiger partial charge in [0, 0.05) is 4.90 Å². The summed E-state index contributed by atoms with van der Waals surface area (Å²) in [6.45, 7) is 8.30. The van der Waals surface area contributed by atoms with E-state index in [9.17, 15) is 0 Å². The van der Waals surface area contributed by atoms with E-state index in [4.69, 9.17) is 14.0 Å². The molecule has 0 unspecified atom stereocenters. The maximum Gasteiger partial charge on any atom is 0.494 e. The normalized spacial score (nSPS) is 23.4. The minimum atomic E-state index is -0.326. The Kier molecular flexibility index (Phi) is 3.79. The van der Waals surface area contributed by atoms with Crippen molar-refractivity contribution in [3.8, 4) is 5.75 Å².